The van der Waals surface area contributed by atoms with E-state index in [1.54, 1.807) is 0 Å². The van der Waals surface area contributed by atoms with E-state index < -0.39 is 0 Å². The van der Waals surface area contributed by atoms with E-state index in [4.69, 9.17) is 32.2 Å². The van der Waals surface area contributed by atoms with Crippen molar-refractivity contribution >= 4 is 17.2 Å². The van der Waals surface area contributed by atoms with Crippen molar-refractivity contribution in [1.82, 2.24) is 0 Å². The molecule has 106 valence electrons. The number of rotatable bonds is 10. The van der Waals surface area contributed by atoms with Crippen LogP contribution in [0.5, 0.6) is 5.75 Å². The zero-order valence-corrected chi connectivity index (χ0v) is 12.1. The minimum absolute atomic E-state index is 0.370. The van der Waals surface area contributed by atoms with Crippen molar-refractivity contribution in [3.8, 4) is 5.75 Å². The Kier molecular flexibility index (Phi) is 8.13. The molecule has 0 atom stereocenters. The van der Waals surface area contributed by atoms with Crippen LogP contribution < -0.4 is 10.5 Å². The molecule has 0 aromatic heterocycles. The number of benzene rings is 1. The highest BCUT2D eigenvalue weighted by molar-refractivity contribution is 7.80. The lowest BCUT2D eigenvalue weighted by Gasteiger charge is -2.08. The van der Waals surface area contributed by atoms with Crippen molar-refractivity contribution in [2.24, 2.45) is 5.73 Å². The Morgan fingerprint density at radius 3 is 2.47 bits per heavy atom. The highest BCUT2D eigenvalue weighted by Gasteiger charge is 1.99. The van der Waals surface area contributed by atoms with Crippen LogP contribution in [0, 0.1) is 0 Å². The fourth-order valence-electron chi connectivity index (χ4n) is 1.42. The molecule has 4 nitrogen and oxygen atoms in total. The van der Waals surface area contributed by atoms with Gasteiger partial charge in [0, 0.05) is 12.2 Å². The number of nitrogens with two attached hydrogens (primary N) is 1. The van der Waals surface area contributed by atoms with Crippen LogP contribution in [0.25, 0.3) is 0 Å². The molecule has 0 heterocycles. The van der Waals surface area contributed by atoms with Gasteiger partial charge in [-0.2, -0.15) is 0 Å². The summed E-state index contributed by atoms with van der Waals surface area (Å²) in [5.41, 5.74) is 6.36. The van der Waals surface area contributed by atoms with Gasteiger partial charge in [-0.1, -0.05) is 31.3 Å². The summed E-state index contributed by atoms with van der Waals surface area (Å²) >= 11 is 4.91. The Bertz CT molecular complexity index is 385. The Morgan fingerprint density at radius 2 is 1.79 bits per heavy atom. The van der Waals surface area contributed by atoms with Crippen LogP contribution in [-0.2, 0) is 9.47 Å². The first-order chi connectivity index (χ1) is 9.24. The molecule has 0 aliphatic carbocycles. The standard InChI is InChI=1S/C14H21NO3S/c1-2-6-16-7-8-17-9-10-18-13-5-3-4-12(11-13)14(15)19/h3-5,11H,2,6-10H2,1H3,(H2,15,19). The van der Waals surface area contributed by atoms with Crippen molar-refractivity contribution < 1.29 is 14.2 Å². The van der Waals surface area contributed by atoms with Gasteiger partial charge >= 0.3 is 0 Å². The molecule has 0 unspecified atom stereocenters. The lowest BCUT2D eigenvalue weighted by Crippen LogP contribution is -2.12. The largest absolute Gasteiger partial charge is 0.491 e. The first-order valence-corrected chi connectivity index (χ1v) is 6.83. The molecular formula is C14H21NO3S. The van der Waals surface area contributed by atoms with Gasteiger partial charge in [0.1, 0.15) is 17.3 Å². The predicted molar refractivity (Wildman–Crippen MR) is 79.8 cm³/mol. The lowest BCUT2D eigenvalue weighted by atomic mass is 10.2. The average molecular weight is 283 g/mol. The van der Waals surface area contributed by atoms with Crippen molar-refractivity contribution in [1.29, 1.82) is 0 Å². The molecule has 2 N–H and O–H groups in total. The summed E-state index contributed by atoms with van der Waals surface area (Å²) in [4.78, 5) is 0.370. The zero-order valence-electron chi connectivity index (χ0n) is 11.3. The van der Waals surface area contributed by atoms with Gasteiger partial charge in [0.2, 0.25) is 0 Å². The molecule has 0 bridgehead atoms. The minimum atomic E-state index is 0.370. The maximum absolute atomic E-state index is 5.55. The van der Waals surface area contributed by atoms with Crippen LogP contribution in [0.15, 0.2) is 24.3 Å². The van der Waals surface area contributed by atoms with Crippen molar-refractivity contribution in [3.63, 3.8) is 0 Å². The van der Waals surface area contributed by atoms with E-state index in [1.165, 1.54) is 0 Å². The van der Waals surface area contributed by atoms with Crippen LogP contribution in [0.2, 0.25) is 0 Å². The molecule has 1 aromatic rings. The van der Waals surface area contributed by atoms with E-state index in [0.29, 0.717) is 31.4 Å². The van der Waals surface area contributed by atoms with E-state index in [-0.39, 0.29) is 0 Å². The summed E-state index contributed by atoms with van der Waals surface area (Å²) in [5, 5.41) is 0. The van der Waals surface area contributed by atoms with E-state index in [0.717, 1.165) is 24.3 Å². The van der Waals surface area contributed by atoms with Crippen molar-refractivity contribution in [2.45, 2.75) is 13.3 Å². The Balaban J connectivity index is 2.12. The molecule has 0 radical (unpaired) electrons. The Labute approximate surface area is 119 Å². The van der Waals surface area contributed by atoms with Gasteiger partial charge in [0.25, 0.3) is 0 Å². The second kappa shape index (κ2) is 9.72. The SMILES string of the molecule is CCCOCCOCCOc1cccc(C(N)=S)c1. The molecule has 0 saturated carbocycles. The second-order valence-corrected chi connectivity index (χ2v) is 4.41. The van der Waals surface area contributed by atoms with Gasteiger partial charge < -0.3 is 19.9 Å². The third-order valence-corrected chi connectivity index (χ3v) is 2.57. The average Bonchev–Trinajstić information content (AvgIpc) is 2.42. The molecule has 0 saturated heterocycles. The van der Waals surface area contributed by atoms with Crippen LogP contribution in [0.1, 0.15) is 18.9 Å². The summed E-state index contributed by atoms with van der Waals surface area (Å²) in [6.45, 7) is 5.11. The molecule has 1 aromatic carbocycles. The number of ether oxygens (including phenoxy) is 3. The van der Waals surface area contributed by atoms with Gasteiger partial charge in [-0.15, -0.1) is 0 Å². The fourth-order valence-corrected chi connectivity index (χ4v) is 1.55. The number of hydrogen-bond acceptors (Lipinski definition) is 4. The van der Waals surface area contributed by atoms with Gasteiger partial charge in [-0.3, -0.25) is 0 Å². The molecule has 0 spiro atoms. The summed E-state index contributed by atoms with van der Waals surface area (Å²) in [6, 6.07) is 7.42. The summed E-state index contributed by atoms with van der Waals surface area (Å²) < 4.78 is 16.2. The van der Waals surface area contributed by atoms with E-state index in [2.05, 4.69) is 6.92 Å². The molecule has 1 rings (SSSR count). The maximum atomic E-state index is 5.55. The van der Waals surface area contributed by atoms with Crippen LogP contribution in [-0.4, -0.2) is 38.0 Å². The number of hydrogen-bond donors (Lipinski definition) is 1. The molecule has 5 heteroatoms. The normalized spacial score (nSPS) is 10.4. The monoisotopic (exact) mass is 283 g/mol. The first-order valence-electron chi connectivity index (χ1n) is 6.42. The number of thiocarbonyl (C=S) groups is 1. The van der Waals surface area contributed by atoms with E-state index in [1.807, 2.05) is 24.3 Å². The van der Waals surface area contributed by atoms with E-state index >= 15 is 0 Å². The smallest absolute Gasteiger partial charge is 0.120 e. The molecule has 19 heavy (non-hydrogen) atoms. The van der Waals surface area contributed by atoms with Gasteiger partial charge in [-0.25, -0.2) is 0 Å². The van der Waals surface area contributed by atoms with Gasteiger partial charge in [0.15, 0.2) is 0 Å². The summed E-state index contributed by atoms with van der Waals surface area (Å²) in [5.74, 6) is 0.746. The molecule has 0 aliphatic rings. The van der Waals surface area contributed by atoms with Crippen molar-refractivity contribution in [3.05, 3.63) is 29.8 Å². The fraction of sp³-hybridized carbons (Fsp3) is 0.500. The maximum Gasteiger partial charge on any atom is 0.120 e. The molecule has 0 fully saturated rings. The third-order valence-electron chi connectivity index (χ3n) is 2.34. The Hall–Kier alpha value is -1.17. The highest BCUT2D eigenvalue weighted by atomic mass is 32.1. The van der Waals surface area contributed by atoms with Gasteiger partial charge in [-0.05, 0) is 18.6 Å². The minimum Gasteiger partial charge on any atom is -0.491 e. The summed E-state index contributed by atoms with van der Waals surface area (Å²) in [7, 11) is 0. The van der Waals surface area contributed by atoms with Crippen molar-refractivity contribution in [2.75, 3.05) is 33.0 Å². The molecule has 0 amide bonds. The van der Waals surface area contributed by atoms with E-state index in [9.17, 15) is 0 Å². The van der Waals surface area contributed by atoms with Crippen LogP contribution in [0.4, 0.5) is 0 Å². The predicted octanol–water partition coefficient (Wildman–Crippen LogP) is 2.14. The van der Waals surface area contributed by atoms with Gasteiger partial charge in [0.05, 0.1) is 19.8 Å². The molecule has 0 aliphatic heterocycles. The highest BCUT2D eigenvalue weighted by Crippen LogP contribution is 2.12. The van der Waals surface area contributed by atoms with Crippen LogP contribution >= 0.6 is 12.2 Å². The molecular weight excluding hydrogens is 262 g/mol. The lowest BCUT2D eigenvalue weighted by molar-refractivity contribution is 0.0366. The first kappa shape index (κ1) is 15.9. The summed E-state index contributed by atoms with van der Waals surface area (Å²) in [6.07, 6.45) is 1.03. The Morgan fingerprint density at radius 1 is 1.11 bits per heavy atom. The van der Waals surface area contributed by atoms with Crippen LogP contribution in [0.3, 0.4) is 0 Å². The topological polar surface area (TPSA) is 53.7 Å². The third kappa shape index (κ3) is 7.10. The quantitative estimate of drug-likeness (QED) is 0.527. The zero-order chi connectivity index (χ0) is 13.9. The second-order valence-electron chi connectivity index (χ2n) is 3.97.